The van der Waals surface area contributed by atoms with Crippen LogP contribution in [0.1, 0.15) is 24.5 Å². The highest BCUT2D eigenvalue weighted by molar-refractivity contribution is 14.0. The molecular formula is C17H28IN3O2. The molecule has 0 saturated carbocycles. The molecule has 1 heterocycles. The first-order valence-electron chi connectivity index (χ1n) is 7.95. The zero-order chi connectivity index (χ0) is 15.6. The minimum atomic E-state index is 0. The van der Waals surface area contributed by atoms with E-state index in [9.17, 15) is 0 Å². The molecule has 6 heteroatoms. The van der Waals surface area contributed by atoms with E-state index in [-0.39, 0.29) is 30.1 Å². The Morgan fingerprint density at radius 2 is 2.09 bits per heavy atom. The number of aliphatic imine (C=N–C) groups is 1. The number of methoxy groups -OCH3 is 1. The molecule has 1 saturated heterocycles. The second-order valence-corrected chi connectivity index (χ2v) is 5.48. The van der Waals surface area contributed by atoms with Gasteiger partial charge in [0, 0.05) is 39.8 Å². The fourth-order valence-corrected chi connectivity index (χ4v) is 2.78. The van der Waals surface area contributed by atoms with E-state index in [0.29, 0.717) is 12.5 Å². The number of hydrogen-bond acceptors (Lipinski definition) is 3. The van der Waals surface area contributed by atoms with E-state index in [4.69, 9.17) is 9.47 Å². The summed E-state index contributed by atoms with van der Waals surface area (Å²) in [4.78, 5) is 4.24. The maximum Gasteiger partial charge on any atom is 0.191 e. The average Bonchev–Trinajstić information content (AvgIpc) is 2.59. The number of ether oxygens (including phenoxy) is 2. The quantitative estimate of drug-likeness (QED) is 0.314. The van der Waals surface area contributed by atoms with Crippen LogP contribution in [0.5, 0.6) is 0 Å². The van der Waals surface area contributed by atoms with Gasteiger partial charge in [-0.05, 0) is 18.4 Å². The molecule has 130 valence electrons. The second-order valence-electron chi connectivity index (χ2n) is 5.48. The minimum absolute atomic E-state index is 0. The lowest BCUT2D eigenvalue weighted by molar-refractivity contribution is -0.0265. The van der Waals surface area contributed by atoms with Gasteiger partial charge >= 0.3 is 0 Å². The normalized spacial score (nSPS) is 21.4. The van der Waals surface area contributed by atoms with Gasteiger partial charge < -0.3 is 20.1 Å². The van der Waals surface area contributed by atoms with Crippen LogP contribution in [-0.4, -0.2) is 46.4 Å². The van der Waals surface area contributed by atoms with Crippen molar-refractivity contribution >= 4 is 29.9 Å². The van der Waals surface area contributed by atoms with Crippen molar-refractivity contribution in [1.29, 1.82) is 0 Å². The molecule has 0 radical (unpaired) electrons. The Kier molecular flexibility index (Phi) is 10.2. The Hall–Kier alpha value is -0.860. The van der Waals surface area contributed by atoms with Crippen LogP contribution in [0, 0.1) is 5.92 Å². The molecular weight excluding hydrogens is 405 g/mol. The van der Waals surface area contributed by atoms with Gasteiger partial charge in [0.15, 0.2) is 5.96 Å². The minimum Gasteiger partial charge on any atom is -0.383 e. The van der Waals surface area contributed by atoms with Gasteiger partial charge in [0.25, 0.3) is 0 Å². The van der Waals surface area contributed by atoms with Crippen LogP contribution >= 0.6 is 24.0 Å². The Bertz CT molecular complexity index is 456. The third-order valence-corrected chi connectivity index (χ3v) is 3.93. The van der Waals surface area contributed by atoms with Crippen molar-refractivity contribution in [3.8, 4) is 0 Å². The molecule has 1 aromatic carbocycles. The smallest absolute Gasteiger partial charge is 0.191 e. The highest BCUT2D eigenvalue weighted by atomic mass is 127. The maximum atomic E-state index is 6.02. The van der Waals surface area contributed by atoms with E-state index in [1.54, 1.807) is 14.2 Å². The van der Waals surface area contributed by atoms with Gasteiger partial charge in [-0.3, -0.25) is 4.99 Å². The van der Waals surface area contributed by atoms with Crippen LogP contribution in [0.15, 0.2) is 35.3 Å². The third kappa shape index (κ3) is 6.64. The molecule has 2 N–H and O–H groups in total. The second kappa shape index (κ2) is 11.6. The molecule has 1 aromatic rings. The van der Waals surface area contributed by atoms with Crippen LogP contribution in [-0.2, 0) is 9.47 Å². The first-order chi connectivity index (χ1) is 10.8. The summed E-state index contributed by atoms with van der Waals surface area (Å²) in [7, 11) is 3.48. The summed E-state index contributed by atoms with van der Waals surface area (Å²) in [5.74, 6) is 1.27. The van der Waals surface area contributed by atoms with Crippen molar-refractivity contribution in [3.63, 3.8) is 0 Å². The summed E-state index contributed by atoms with van der Waals surface area (Å²) in [5, 5.41) is 6.64. The van der Waals surface area contributed by atoms with Crippen LogP contribution < -0.4 is 10.6 Å². The van der Waals surface area contributed by atoms with Crippen LogP contribution in [0.25, 0.3) is 0 Å². The van der Waals surface area contributed by atoms with Crippen molar-refractivity contribution in [2.75, 3.05) is 40.5 Å². The van der Waals surface area contributed by atoms with E-state index in [1.807, 2.05) is 6.07 Å². The van der Waals surface area contributed by atoms with Gasteiger partial charge in [-0.15, -0.1) is 24.0 Å². The highest BCUT2D eigenvalue weighted by Gasteiger charge is 2.27. The van der Waals surface area contributed by atoms with Crippen molar-refractivity contribution in [3.05, 3.63) is 35.9 Å². The Labute approximate surface area is 156 Å². The van der Waals surface area contributed by atoms with Crippen LogP contribution in [0.3, 0.4) is 0 Å². The van der Waals surface area contributed by atoms with Crippen LogP contribution in [0.4, 0.5) is 0 Å². The lowest BCUT2D eigenvalue weighted by Gasteiger charge is -2.32. The fourth-order valence-electron chi connectivity index (χ4n) is 2.78. The molecule has 0 aromatic heterocycles. The van der Waals surface area contributed by atoms with Crippen molar-refractivity contribution in [1.82, 2.24) is 10.6 Å². The molecule has 2 unspecified atom stereocenters. The lowest BCUT2D eigenvalue weighted by atomic mass is 9.89. The van der Waals surface area contributed by atoms with Crippen molar-refractivity contribution < 1.29 is 9.47 Å². The topological polar surface area (TPSA) is 54.9 Å². The molecule has 23 heavy (non-hydrogen) atoms. The summed E-state index contributed by atoms with van der Waals surface area (Å²) in [5.41, 5.74) is 1.26. The summed E-state index contributed by atoms with van der Waals surface area (Å²) >= 11 is 0. The Morgan fingerprint density at radius 1 is 1.30 bits per heavy atom. The number of guanidine groups is 1. The first-order valence-corrected chi connectivity index (χ1v) is 7.95. The molecule has 1 aliphatic heterocycles. The molecule has 2 atom stereocenters. The molecule has 0 bridgehead atoms. The van der Waals surface area contributed by atoms with Gasteiger partial charge in [-0.1, -0.05) is 30.3 Å². The molecule has 0 aliphatic carbocycles. The van der Waals surface area contributed by atoms with E-state index in [2.05, 4.69) is 39.9 Å². The van der Waals surface area contributed by atoms with Gasteiger partial charge in [0.1, 0.15) is 0 Å². The molecule has 2 rings (SSSR count). The molecule has 1 fully saturated rings. The third-order valence-electron chi connectivity index (χ3n) is 3.93. The Balaban J connectivity index is 0.00000264. The largest absolute Gasteiger partial charge is 0.383 e. The Morgan fingerprint density at radius 3 is 2.78 bits per heavy atom. The predicted molar refractivity (Wildman–Crippen MR) is 105 cm³/mol. The number of nitrogens with zero attached hydrogens (tertiary/aromatic N) is 1. The van der Waals surface area contributed by atoms with E-state index < -0.39 is 0 Å². The molecule has 0 spiro atoms. The van der Waals surface area contributed by atoms with Crippen molar-refractivity contribution in [2.45, 2.75) is 18.9 Å². The van der Waals surface area contributed by atoms with Gasteiger partial charge in [-0.2, -0.15) is 0 Å². The number of hydrogen-bond donors (Lipinski definition) is 2. The zero-order valence-corrected chi connectivity index (χ0v) is 16.3. The summed E-state index contributed by atoms with van der Waals surface area (Å²) in [6.07, 6.45) is 2.45. The molecule has 1 aliphatic rings. The lowest BCUT2D eigenvalue weighted by Crippen LogP contribution is -2.42. The zero-order valence-electron chi connectivity index (χ0n) is 14.0. The predicted octanol–water partition coefficient (Wildman–Crippen LogP) is 2.58. The summed E-state index contributed by atoms with van der Waals surface area (Å²) < 4.78 is 11.1. The summed E-state index contributed by atoms with van der Waals surface area (Å²) in [6.45, 7) is 3.11. The molecule has 5 nitrogen and oxygen atoms in total. The number of rotatable bonds is 6. The average molecular weight is 433 g/mol. The van der Waals surface area contributed by atoms with Crippen molar-refractivity contribution in [2.24, 2.45) is 10.9 Å². The number of halogens is 1. The summed E-state index contributed by atoms with van der Waals surface area (Å²) in [6, 6.07) is 10.5. The van der Waals surface area contributed by atoms with E-state index in [1.165, 1.54) is 12.0 Å². The SMILES string of the molecule is CN=C(NCCOC)NCC1CCCOC1c1ccccc1.I. The number of nitrogens with one attached hydrogen (secondary N) is 2. The first kappa shape index (κ1) is 20.2. The highest BCUT2D eigenvalue weighted by Crippen LogP contribution is 2.32. The molecule has 0 amide bonds. The van der Waals surface area contributed by atoms with Gasteiger partial charge in [0.2, 0.25) is 0 Å². The van der Waals surface area contributed by atoms with E-state index >= 15 is 0 Å². The van der Waals surface area contributed by atoms with Crippen LogP contribution in [0.2, 0.25) is 0 Å². The standard InChI is InChI=1S/C17H27N3O2.HI/c1-18-17(19-10-12-21-2)20-13-15-9-6-11-22-16(15)14-7-4-3-5-8-14;/h3-5,7-8,15-16H,6,9-13H2,1-2H3,(H2,18,19,20);1H. The monoisotopic (exact) mass is 433 g/mol. The van der Waals surface area contributed by atoms with E-state index in [0.717, 1.165) is 32.1 Å². The van der Waals surface area contributed by atoms with Gasteiger partial charge in [0.05, 0.1) is 12.7 Å². The fraction of sp³-hybridized carbons (Fsp3) is 0.588. The maximum absolute atomic E-state index is 6.02. The van der Waals surface area contributed by atoms with Gasteiger partial charge in [-0.25, -0.2) is 0 Å². The number of benzene rings is 1.